The van der Waals surface area contributed by atoms with Crippen molar-refractivity contribution in [3.63, 3.8) is 0 Å². The lowest BCUT2D eigenvalue weighted by Crippen LogP contribution is -2.57. The van der Waals surface area contributed by atoms with Crippen molar-refractivity contribution in [2.24, 2.45) is 16.8 Å². The van der Waals surface area contributed by atoms with E-state index in [4.69, 9.17) is 9.73 Å². The van der Waals surface area contributed by atoms with E-state index in [1.165, 1.54) is 37.3 Å². The molecule has 3 aromatic carbocycles. The number of aliphatic hydroxyl groups is 1. The standard InChI is InChI=1S/C32H33NO3/c1-21-3-10-28(31-15-24-13-25(16-31)18-32(35,17-24)20-31)14-30(21)33-19-23-4-6-26(7-5-23)27-8-11-29(12-9-27)36-22(2)34/h3-12,14,19,24-25,35H,13,15-18,20H2,1-2H3/t24-,25-,31?,32?/m1/s1. The van der Waals surface area contributed by atoms with Gasteiger partial charge in [0.2, 0.25) is 0 Å². The molecular formula is C32H33NO3. The second-order valence-electron chi connectivity index (χ2n) is 11.5. The molecule has 184 valence electrons. The number of nitrogens with zero attached hydrogens (tertiary/aromatic N) is 1. The number of ether oxygens (including phenoxy) is 1. The fourth-order valence-electron chi connectivity index (χ4n) is 7.42. The van der Waals surface area contributed by atoms with Gasteiger partial charge in [-0.05, 0) is 109 Å². The molecule has 4 fully saturated rings. The van der Waals surface area contributed by atoms with Gasteiger partial charge in [0.15, 0.2) is 0 Å². The minimum atomic E-state index is -0.457. The SMILES string of the molecule is CC(=O)Oc1ccc(-c2ccc(C=Nc3cc(C45C[C@H]6C[C@@H](CC(O)(C6)C4)C5)ccc3C)cc2)cc1. The molecule has 0 saturated heterocycles. The second-order valence-corrected chi connectivity index (χ2v) is 11.5. The van der Waals surface area contributed by atoms with Gasteiger partial charge in [-0.25, -0.2) is 0 Å². The summed E-state index contributed by atoms with van der Waals surface area (Å²) in [6, 6.07) is 22.6. The number of carbonyl (C=O) groups is 1. The summed E-state index contributed by atoms with van der Waals surface area (Å²) >= 11 is 0. The summed E-state index contributed by atoms with van der Waals surface area (Å²) < 4.78 is 5.12. The van der Waals surface area contributed by atoms with Gasteiger partial charge in [0.25, 0.3) is 0 Å². The molecule has 36 heavy (non-hydrogen) atoms. The molecule has 4 heteroatoms. The Morgan fingerprint density at radius 3 is 2.19 bits per heavy atom. The predicted octanol–water partition coefficient (Wildman–Crippen LogP) is 6.92. The van der Waals surface area contributed by atoms with Gasteiger partial charge < -0.3 is 9.84 Å². The average molecular weight is 480 g/mol. The first-order valence-corrected chi connectivity index (χ1v) is 13.1. The molecule has 0 aromatic heterocycles. The predicted molar refractivity (Wildman–Crippen MR) is 143 cm³/mol. The van der Waals surface area contributed by atoms with Crippen molar-refractivity contribution < 1.29 is 14.6 Å². The second kappa shape index (κ2) is 8.70. The average Bonchev–Trinajstić information content (AvgIpc) is 2.82. The summed E-state index contributed by atoms with van der Waals surface area (Å²) in [5.74, 6) is 1.57. The van der Waals surface area contributed by atoms with Crippen molar-refractivity contribution in [3.8, 4) is 16.9 Å². The first-order valence-electron chi connectivity index (χ1n) is 13.1. The Labute approximate surface area is 213 Å². The normalized spacial score (nSPS) is 28.5. The highest BCUT2D eigenvalue weighted by Crippen LogP contribution is 2.62. The Morgan fingerprint density at radius 2 is 1.58 bits per heavy atom. The number of rotatable bonds is 5. The van der Waals surface area contributed by atoms with Crippen LogP contribution in [-0.2, 0) is 10.2 Å². The molecule has 0 radical (unpaired) electrons. The van der Waals surface area contributed by atoms with Crippen LogP contribution >= 0.6 is 0 Å². The van der Waals surface area contributed by atoms with E-state index in [1.807, 2.05) is 30.5 Å². The Hall–Kier alpha value is -3.24. The molecule has 2 atom stereocenters. The van der Waals surface area contributed by atoms with Crippen LogP contribution in [0.3, 0.4) is 0 Å². The van der Waals surface area contributed by atoms with Crippen LogP contribution in [0.2, 0.25) is 0 Å². The van der Waals surface area contributed by atoms with Crippen LogP contribution in [-0.4, -0.2) is 22.9 Å². The van der Waals surface area contributed by atoms with E-state index < -0.39 is 5.60 Å². The highest BCUT2D eigenvalue weighted by Gasteiger charge is 2.57. The Kier molecular flexibility index (Phi) is 5.60. The zero-order chi connectivity index (χ0) is 24.9. The molecule has 3 aromatic rings. The van der Waals surface area contributed by atoms with Crippen LogP contribution in [0, 0.1) is 18.8 Å². The summed E-state index contributed by atoms with van der Waals surface area (Å²) in [6.07, 6.45) is 8.55. The van der Waals surface area contributed by atoms with Gasteiger partial charge in [0, 0.05) is 13.1 Å². The minimum Gasteiger partial charge on any atom is -0.427 e. The first-order chi connectivity index (χ1) is 17.3. The summed E-state index contributed by atoms with van der Waals surface area (Å²) in [6.45, 7) is 3.52. The Balaban J connectivity index is 1.21. The maximum Gasteiger partial charge on any atom is 0.308 e. The third-order valence-electron chi connectivity index (χ3n) is 8.56. The third-order valence-corrected chi connectivity index (χ3v) is 8.56. The van der Waals surface area contributed by atoms with Crippen LogP contribution in [0.15, 0.2) is 71.7 Å². The van der Waals surface area contributed by atoms with Gasteiger partial charge >= 0.3 is 5.97 Å². The highest BCUT2D eigenvalue weighted by atomic mass is 16.5. The number of aliphatic imine (C=N–C) groups is 1. The van der Waals surface area contributed by atoms with Gasteiger partial charge in [-0.3, -0.25) is 9.79 Å². The molecule has 0 heterocycles. The van der Waals surface area contributed by atoms with E-state index in [2.05, 4.69) is 49.4 Å². The van der Waals surface area contributed by atoms with Gasteiger partial charge in [-0.1, -0.05) is 48.5 Å². The van der Waals surface area contributed by atoms with Gasteiger partial charge in [-0.15, -0.1) is 0 Å². The molecule has 4 saturated carbocycles. The van der Waals surface area contributed by atoms with E-state index in [-0.39, 0.29) is 11.4 Å². The van der Waals surface area contributed by atoms with Crippen molar-refractivity contribution in [2.45, 2.75) is 63.4 Å². The molecule has 4 nitrogen and oxygen atoms in total. The van der Waals surface area contributed by atoms with Crippen LogP contribution in [0.1, 0.15) is 62.1 Å². The molecule has 0 aliphatic heterocycles. The van der Waals surface area contributed by atoms with Crippen LogP contribution in [0.4, 0.5) is 5.69 Å². The Bertz CT molecular complexity index is 1310. The highest BCUT2D eigenvalue weighted by molar-refractivity contribution is 5.83. The third kappa shape index (κ3) is 4.39. The molecule has 0 unspecified atom stereocenters. The zero-order valence-corrected chi connectivity index (χ0v) is 21.0. The summed E-state index contributed by atoms with van der Waals surface area (Å²) in [5.41, 5.74) is 6.41. The lowest BCUT2D eigenvalue weighted by Gasteiger charge is -2.60. The molecule has 0 amide bonds. The van der Waals surface area contributed by atoms with E-state index in [9.17, 15) is 9.90 Å². The summed E-state index contributed by atoms with van der Waals surface area (Å²) in [7, 11) is 0. The number of benzene rings is 3. The van der Waals surface area contributed by atoms with Crippen LogP contribution in [0.5, 0.6) is 5.75 Å². The first kappa shape index (κ1) is 23.2. The zero-order valence-electron chi connectivity index (χ0n) is 21.0. The van der Waals surface area contributed by atoms with Gasteiger partial charge in [-0.2, -0.15) is 0 Å². The smallest absolute Gasteiger partial charge is 0.308 e. The van der Waals surface area contributed by atoms with Crippen molar-refractivity contribution >= 4 is 17.9 Å². The van der Waals surface area contributed by atoms with Crippen molar-refractivity contribution in [1.82, 2.24) is 0 Å². The Morgan fingerprint density at radius 1 is 0.944 bits per heavy atom. The number of aryl methyl sites for hydroxylation is 1. The largest absolute Gasteiger partial charge is 0.427 e. The summed E-state index contributed by atoms with van der Waals surface area (Å²) in [5, 5.41) is 11.2. The van der Waals surface area contributed by atoms with Gasteiger partial charge in [0.1, 0.15) is 5.75 Å². The van der Waals surface area contributed by atoms with E-state index in [0.29, 0.717) is 17.6 Å². The molecule has 0 spiro atoms. The molecule has 1 N–H and O–H groups in total. The molecule has 7 rings (SSSR count). The van der Waals surface area contributed by atoms with Crippen LogP contribution < -0.4 is 4.74 Å². The van der Waals surface area contributed by atoms with E-state index in [1.54, 1.807) is 0 Å². The number of carbonyl (C=O) groups excluding carboxylic acids is 1. The minimum absolute atomic E-state index is 0.115. The van der Waals surface area contributed by atoms with Gasteiger partial charge in [0.05, 0.1) is 11.3 Å². The van der Waals surface area contributed by atoms with Crippen molar-refractivity contribution in [2.75, 3.05) is 0 Å². The number of esters is 1. The fourth-order valence-corrected chi connectivity index (χ4v) is 7.42. The van der Waals surface area contributed by atoms with Crippen LogP contribution in [0.25, 0.3) is 11.1 Å². The molecule has 4 aliphatic rings. The number of hydrogen-bond donors (Lipinski definition) is 1. The van der Waals surface area contributed by atoms with E-state index >= 15 is 0 Å². The van der Waals surface area contributed by atoms with E-state index in [0.717, 1.165) is 41.6 Å². The van der Waals surface area contributed by atoms with Crippen molar-refractivity contribution in [1.29, 1.82) is 0 Å². The fraction of sp³-hybridized carbons (Fsp3) is 0.375. The lowest BCUT2D eigenvalue weighted by atomic mass is 9.46. The summed E-state index contributed by atoms with van der Waals surface area (Å²) in [4.78, 5) is 16.0. The molecule has 4 aliphatic carbocycles. The molecule has 4 bridgehead atoms. The molecular weight excluding hydrogens is 446 g/mol. The maximum atomic E-state index is 11.2. The quantitative estimate of drug-likeness (QED) is 0.245. The van der Waals surface area contributed by atoms with Crippen molar-refractivity contribution in [3.05, 3.63) is 83.4 Å². The lowest BCUT2D eigenvalue weighted by molar-refractivity contribution is -0.137. The topological polar surface area (TPSA) is 58.9 Å². The number of hydrogen-bond acceptors (Lipinski definition) is 4. The maximum absolute atomic E-state index is 11.2. The monoisotopic (exact) mass is 479 g/mol.